The highest BCUT2D eigenvalue weighted by Crippen LogP contribution is 2.20. The van der Waals surface area contributed by atoms with E-state index >= 15 is 0 Å². The lowest BCUT2D eigenvalue weighted by Crippen LogP contribution is -2.48. The van der Waals surface area contributed by atoms with Crippen LogP contribution in [0.25, 0.3) is 0 Å². The van der Waals surface area contributed by atoms with E-state index in [1.807, 2.05) is 18.9 Å². The molecule has 6 nitrogen and oxygen atoms in total. The normalized spacial score (nSPS) is 19.8. The number of anilines is 1. The predicted molar refractivity (Wildman–Crippen MR) is 96.5 cm³/mol. The lowest BCUT2D eigenvalue weighted by molar-refractivity contribution is -0.121. The molecule has 2 heterocycles. The van der Waals surface area contributed by atoms with Gasteiger partial charge in [0.1, 0.15) is 0 Å². The van der Waals surface area contributed by atoms with E-state index in [1.54, 1.807) is 24.3 Å². The zero-order valence-corrected chi connectivity index (χ0v) is 15.0. The third-order valence-corrected chi connectivity index (χ3v) is 5.39. The van der Waals surface area contributed by atoms with Crippen molar-refractivity contribution >= 4 is 17.5 Å². The molecule has 2 fully saturated rings. The number of carbonyl (C=O) groups is 2. The van der Waals surface area contributed by atoms with Crippen LogP contribution in [-0.2, 0) is 9.53 Å². The molecule has 0 aromatic heterocycles. The largest absolute Gasteiger partial charge is 0.381 e. The quantitative estimate of drug-likeness (QED) is 0.853. The van der Waals surface area contributed by atoms with Crippen molar-refractivity contribution in [3.05, 3.63) is 29.8 Å². The molecule has 2 saturated heterocycles. The minimum Gasteiger partial charge on any atom is -0.381 e. The average molecular weight is 345 g/mol. The Morgan fingerprint density at radius 1 is 1.20 bits per heavy atom. The number of nitrogens with one attached hydrogen (secondary N) is 2. The van der Waals surface area contributed by atoms with E-state index in [0.29, 0.717) is 24.7 Å². The highest BCUT2D eigenvalue weighted by Gasteiger charge is 2.28. The summed E-state index contributed by atoms with van der Waals surface area (Å²) in [6, 6.07) is 7.40. The molecule has 6 heteroatoms. The number of hydrogen-bond acceptors (Lipinski definition) is 4. The van der Waals surface area contributed by atoms with Gasteiger partial charge in [0.2, 0.25) is 5.91 Å². The molecule has 2 aliphatic heterocycles. The summed E-state index contributed by atoms with van der Waals surface area (Å²) >= 11 is 0. The fourth-order valence-electron chi connectivity index (χ4n) is 3.27. The zero-order chi connectivity index (χ0) is 17.8. The fourth-order valence-corrected chi connectivity index (χ4v) is 3.27. The Morgan fingerprint density at radius 2 is 1.84 bits per heavy atom. The zero-order valence-electron chi connectivity index (χ0n) is 15.0. The summed E-state index contributed by atoms with van der Waals surface area (Å²) in [6.07, 6.45) is 1.76. The molecule has 0 aliphatic carbocycles. The first kappa shape index (κ1) is 17.9. The van der Waals surface area contributed by atoms with Gasteiger partial charge in [-0.05, 0) is 56.1 Å². The molecule has 25 heavy (non-hydrogen) atoms. The summed E-state index contributed by atoms with van der Waals surface area (Å²) in [5.41, 5.74) is 1.37. The maximum Gasteiger partial charge on any atom is 0.253 e. The number of carbonyl (C=O) groups excluding carboxylic acids is 2. The van der Waals surface area contributed by atoms with Gasteiger partial charge in [-0.15, -0.1) is 0 Å². The van der Waals surface area contributed by atoms with Crippen molar-refractivity contribution in [3.8, 4) is 0 Å². The van der Waals surface area contributed by atoms with Crippen LogP contribution in [0.2, 0.25) is 0 Å². The van der Waals surface area contributed by atoms with Gasteiger partial charge in [-0.2, -0.15) is 0 Å². The number of ether oxygens (including phenoxy) is 1. The van der Waals surface area contributed by atoms with Crippen molar-refractivity contribution in [1.29, 1.82) is 0 Å². The Balaban J connectivity index is 1.57. The summed E-state index contributed by atoms with van der Waals surface area (Å²) in [6.45, 7) is 5.19. The van der Waals surface area contributed by atoms with E-state index in [1.165, 1.54) is 0 Å². The van der Waals surface area contributed by atoms with Crippen molar-refractivity contribution in [2.75, 3.05) is 38.7 Å². The third kappa shape index (κ3) is 4.19. The molecule has 0 bridgehead atoms. The second-order valence-corrected chi connectivity index (χ2v) is 7.03. The number of amides is 2. The maximum absolute atomic E-state index is 12.6. The van der Waals surface area contributed by atoms with Crippen LogP contribution in [0.4, 0.5) is 5.69 Å². The topological polar surface area (TPSA) is 70.7 Å². The van der Waals surface area contributed by atoms with Gasteiger partial charge in [-0.1, -0.05) is 6.92 Å². The van der Waals surface area contributed by atoms with Gasteiger partial charge in [0.15, 0.2) is 0 Å². The molecule has 2 N–H and O–H groups in total. The van der Waals surface area contributed by atoms with Gasteiger partial charge in [-0.25, -0.2) is 0 Å². The lowest BCUT2D eigenvalue weighted by Gasteiger charge is -2.32. The van der Waals surface area contributed by atoms with Crippen molar-refractivity contribution < 1.29 is 14.3 Å². The number of rotatable bonds is 5. The first-order chi connectivity index (χ1) is 12.1. The number of nitrogens with zero attached hydrogens (tertiary/aromatic N) is 1. The van der Waals surface area contributed by atoms with Gasteiger partial charge < -0.3 is 20.3 Å². The molecule has 0 saturated carbocycles. The SMILES string of the molecule is CC(C(=O)Nc1ccc(C(=O)N(C)C2CCOCC2)cc1)C1CNC1. The molecule has 1 aromatic rings. The molecule has 1 atom stereocenters. The van der Waals surface area contributed by atoms with E-state index in [4.69, 9.17) is 4.74 Å². The van der Waals surface area contributed by atoms with Gasteiger partial charge in [0.05, 0.1) is 0 Å². The van der Waals surface area contributed by atoms with Crippen LogP contribution in [0.1, 0.15) is 30.1 Å². The Bertz CT molecular complexity index is 607. The van der Waals surface area contributed by atoms with Crippen LogP contribution in [0.15, 0.2) is 24.3 Å². The van der Waals surface area contributed by atoms with Gasteiger partial charge >= 0.3 is 0 Å². The maximum atomic E-state index is 12.6. The summed E-state index contributed by atoms with van der Waals surface area (Å²) in [5.74, 6) is 0.444. The molecule has 0 radical (unpaired) electrons. The van der Waals surface area contributed by atoms with E-state index < -0.39 is 0 Å². The highest BCUT2D eigenvalue weighted by atomic mass is 16.5. The van der Waals surface area contributed by atoms with Crippen LogP contribution in [0, 0.1) is 11.8 Å². The Labute approximate surface area is 148 Å². The molecule has 0 spiro atoms. The highest BCUT2D eigenvalue weighted by molar-refractivity contribution is 5.96. The molecule has 3 rings (SSSR count). The van der Waals surface area contributed by atoms with Crippen LogP contribution in [-0.4, -0.2) is 56.1 Å². The summed E-state index contributed by atoms with van der Waals surface area (Å²) in [4.78, 5) is 26.7. The molecule has 2 amide bonds. The minimum atomic E-state index is -0.0118. The van der Waals surface area contributed by atoms with E-state index in [9.17, 15) is 9.59 Å². The number of benzene rings is 1. The van der Waals surface area contributed by atoms with Crippen molar-refractivity contribution in [2.24, 2.45) is 11.8 Å². The first-order valence-corrected chi connectivity index (χ1v) is 9.03. The second kappa shape index (κ2) is 7.97. The van der Waals surface area contributed by atoms with E-state index in [2.05, 4.69) is 10.6 Å². The second-order valence-electron chi connectivity index (χ2n) is 7.03. The standard InChI is InChI=1S/C19H27N3O3/c1-13(15-11-20-12-15)18(23)21-16-5-3-14(4-6-16)19(24)22(2)17-7-9-25-10-8-17/h3-6,13,15,17,20H,7-12H2,1-2H3,(H,21,23). The van der Waals surface area contributed by atoms with Gasteiger partial charge in [-0.3, -0.25) is 9.59 Å². The molecule has 136 valence electrons. The predicted octanol–water partition coefficient (Wildman–Crippen LogP) is 1.73. The van der Waals surface area contributed by atoms with Crippen molar-refractivity contribution in [3.63, 3.8) is 0 Å². The van der Waals surface area contributed by atoms with E-state index in [-0.39, 0.29) is 23.8 Å². The van der Waals surface area contributed by atoms with E-state index in [0.717, 1.165) is 31.6 Å². The van der Waals surface area contributed by atoms with Crippen LogP contribution in [0.3, 0.4) is 0 Å². The first-order valence-electron chi connectivity index (χ1n) is 9.03. The molecule has 1 unspecified atom stereocenters. The van der Waals surface area contributed by atoms with Crippen molar-refractivity contribution in [2.45, 2.75) is 25.8 Å². The average Bonchev–Trinajstić information content (AvgIpc) is 2.60. The Hall–Kier alpha value is -1.92. The molecular formula is C19H27N3O3. The summed E-state index contributed by atoms with van der Waals surface area (Å²) in [5, 5.41) is 6.13. The van der Waals surface area contributed by atoms with Crippen LogP contribution >= 0.6 is 0 Å². The molecular weight excluding hydrogens is 318 g/mol. The van der Waals surface area contributed by atoms with Gasteiger partial charge in [0, 0.05) is 43.5 Å². The van der Waals surface area contributed by atoms with Gasteiger partial charge in [0.25, 0.3) is 5.91 Å². The monoisotopic (exact) mass is 345 g/mol. The minimum absolute atomic E-state index is 0.0118. The Morgan fingerprint density at radius 3 is 2.40 bits per heavy atom. The Kier molecular flexibility index (Phi) is 5.71. The summed E-state index contributed by atoms with van der Waals surface area (Å²) < 4.78 is 5.35. The fraction of sp³-hybridized carbons (Fsp3) is 0.579. The molecule has 1 aromatic carbocycles. The number of hydrogen-bond donors (Lipinski definition) is 2. The van der Waals surface area contributed by atoms with Crippen LogP contribution in [0.5, 0.6) is 0 Å². The molecule has 2 aliphatic rings. The smallest absolute Gasteiger partial charge is 0.253 e. The third-order valence-electron chi connectivity index (χ3n) is 5.39. The lowest BCUT2D eigenvalue weighted by atomic mass is 9.88. The van der Waals surface area contributed by atoms with Crippen molar-refractivity contribution in [1.82, 2.24) is 10.2 Å². The summed E-state index contributed by atoms with van der Waals surface area (Å²) in [7, 11) is 1.85. The van der Waals surface area contributed by atoms with Crippen LogP contribution < -0.4 is 10.6 Å².